The number of benzene rings is 1. The monoisotopic (exact) mass is 406 g/mol. The molecule has 2 unspecified atom stereocenters. The predicted octanol–water partition coefficient (Wildman–Crippen LogP) is 0.833. The van der Waals surface area contributed by atoms with Gasteiger partial charge in [-0.3, -0.25) is 14.9 Å². The van der Waals surface area contributed by atoms with Crippen molar-refractivity contribution in [3.05, 3.63) is 34.4 Å². The lowest BCUT2D eigenvalue weighted by Crippen LogP contribution is -2.53. The molecule has 2 N–H and O–H groups in total. The van der Waals surface area contributed by atoms with Gasteiger partial charge in [0.2, 0.25) is 15.9 Å². The molecule has 0 aliphatic carbocycles. The minimum atomic E-state index is -3.84. The molecule has 1 amide bonds. The fourth-order valence-electron chi connectivity index (χ4n) is 2.57. The number of non-ortho nitro benzene ring substituents is 1. The van der Waals surface area contributed by atoms with Crippen LogP contribution >= 0.6 is 12.4 Å². The van der Waals surface area contributed by atoms with E-state index < -0.39 is 14.9 Å². The number of nitrogens with two attached hydrogens (primary N) is 1. The Balaban J connectivity index is 0.00000338. The molecular formula is C15H23ClN4O5S. The average molecular weight is 407 g/mol. The molecule has 2 rings (SSSR count). The van der Waals surface area contributed by atoms with Gasteiger partial charge in [-0.2, -0.15) is 4.31 Å². The van der Waals surface area contributed by atoms with Crippen LogP contribution in [0.3, 0.4) is 0 Å². The van der Waals surface area contributed by atoms with Crippen molar-refractivity contribution in [2.75, 3.05) is 26.2 Å². The molecule has 11 heteroatoms. The molecule has 1 saturated heterocycles. The van der Waals surface area contributed by atoms with E-state index >= 15 is 0 Å². The molecule has 0 bridgehead atoms. The number of hydrogen-bond donors (Lipinski definition) is 1. The molecule has 146 valence electrons. The summed E-state index contributed by atoms with van der Waals surface area (Å²) in [5, 5.41) is 10.8. The molecule has 1 fully saturated rings. The Kier molecular flexibility index (Phi) is 7.51. The summed E-state index contributed by atoms with van der Waals surface area (Å²) >= 11 is 0. The lowest BCUT2D eigenvalue weighted by atomic mass is 10.0. The Labute approximate surface area is 158 Å². The van der Waals surface area contributed by atoms with Gasteiger partial charge in [0.05, 0.1) is 15.7 Å². The van der Waals surface area contributed by atoms with Gasteiger partial charge in [-0.05, 0) is 13.0 Å². The summed E-state index contributed by atoms with van der Waals surface area (Å²) < 4.78 is 26.6. The van der Waals surface area contributed by atoms with Crippen LogP contribution in [0.2, 0.25) is 0 Å². The molecule has 1 heterocycles. The number of halogens is 1. The van der Waals surface area contributed by atoms with E-state index in [-0.39, 0.29) is 67.0 Å². The van der Waals surface area contributed by atoms with E-state index in [0.29, 0.717) is 0 Å². The van der Waals surface area contributed by atoms with Gasteiger partial charge in [-0.1, -0.05) is 13.0 Å². The molecule has 9 nitrogen and oxygen atoms in total. The van der Waals surface area contributed by atoms with Crippen molar-refractivity contribution in [2.45, 2.75) is 24.8 Å². The van der Waals surface area contributed by atoms with E-state index in [1.54, 1.807) is 18.7 Å². The SMILES string of the molecule is CC(N)C(C)C(=O)N1CCN(S(=O)(=O)c2cccc([N+](=O)[O-])c2)CC1.Cl. The smallest absolute Gasteiger partial charge is 0.270 e. The van der Waals surface area contributed by atoms with E-state index in [1.807, 2.05) is 0 Å². The van der Waals surface area contributed by atoms with Crippen LogP contribution < -0.4 is 5.73 Å². The van der Waals surface area contributed by atoms with Gasteiger partial charge in [0.25, 0.3) is 5.69 Å². The standard InChI is InChI=1S/C15H22N4O5S.ClH/c1-11(12(2)16)15(20)17-6-8-18(9-7-17)25(23,24)14-5-3-4-13(10-14)19(21)22;/h3-5,10-12H,6-9,16H2,1-2H3;1H. The Hall–Kier alpha value is -1.75. The van der Waals surface area contributed by atoms with Crippen molar-refractivity contribution in [3.63, 3.8) is 0 Å². The summed E-state index contributed by atoms with van der Waals surface area (Å²) in [4.78, 5) is 24.0. The van der Waals surface area contributed by atoms with Crippen LogP contribution in [-0.2, 0) is 14.8 Å². The van der Waals surface area contributed by atoms with E-state index in [1.165, 1.54) is 22.5 Å². The number of carbonyl (C=O) groups is 1. The van der Waals surface area contributed by atoms with Crippen LogP contribution in [-0.4, -0.2) is 60.7 Å². The zero-order valence-electron chi connectivity index (χ0n) is 14.6. The number of nitro benzene ring substituents is 1. The fourth-order valence-corrected chi connectivity index (χ4v) is 4.03. The molecule has 1 aromatic carbocycles. The summed E-state index contributed by atoms with van der Waals surface area (Å²) in [6, 6.07) is 4.68. The first-order chi connectivity index (χ1) is 11.6. The Bertz CT molecular complexity index is 763. The van der Waals surface area contributed by atoms with Crippen molar-refractivity contribution in [1.82, 2.24) is 9.21 Å². The predicted molar refractivity (Wildman–Crippen MR) is 98.5 cm³/mol. The first kappa shape index (κ1) is 22.3. The number of rotatable bonds is 5. The lowest BCUT2D eigenvalue weighted by Gasteiger charge is -2.35. The zero-order valence-corrected chi connectivity index (χ0v) is 16.2. The number of carbonyl (C=O) groups excluding carboxylic acids is 1. The molecule has 1 aliphatic rings. The molecule has 1 aromatic rings. The number of piperazine rings is 1. The van der Waals surface area contributed by atoms with Gasteiger partial charge < -0.3 is 10.6 Å². The van der Waals surface area contributed by atoms with Crippen LogP contribution in [0.25, 0.3) is 0 Å². The number of hydrogen-bond acceptors (Lipinski definition) is 6. The van der Waals surface area contributed by atoms with Gasteiger partial charge >= 0.3 is 0 Å². The molecular weight excluding hydrogens is 384 g/mol. The summed E-state index contributed by atoms with van der Waals surface area (Å²) in [6.45, 7) is 4.32. The van der Waals surface area contributed by atoms with Gasteiger partial charge in [0.15, 0.2) is 0 Å². The Morgan fingerprint density at radius 2 is 1.81 bits per heavy atom. The Morgan fingerprint density at radius 3 is 2.31 bits per heavy atom. The normalized spacial score (nSPS) is 17.9. The highest BCUT2D eigenvalue weighted by molar-refractivity contribution is 7.89. The summed E-state index contributed by atoms with van der Waals surface area (Å²) in [5.74, 6) is -0.428. The maximum Gasteiger partial charge on any atom is 0.270 e. The van der Waals surface area contributed by atoms with Crippen LogP contribution in [0.4, 0.5) is 5.69 Å². The highest BCUT2D eigenvalue weighted by atomic mass is 35.5. The average Bonchev–Trinajstić information content (AvgIpc) is 2.60. The van der Waals surface area contributed by atoms with Crippen molar-refractivity contribution in [3.8, 4) is 0 Å². The highest BCUT2D eigenvalue weighted by Crippen LogP contribution is 2.22. The van der Waals surface area contributed by atoms with Crippen LogP contribution in [0.15, 0.2) is 29.2 Å². The fraction of sp³-hybridized carbons (Fsp3) is 0.533. The summed E-state index contributed by atoms with van der Waals surface area (Å²) in [7, 11) is -3.84. The van der Waals surface area contributed by atoms with Crippen molar-refractivity contribution < 1.29 is 18.1 Å². The number of nitro groups is 1. The minimum absolute atomic E-state index is 0. The molecule has 1 aliphatic heterocycles. The van der Waals surface area contributed by atoms with Crippen LogP contribution in [0.5, 0.6) is 0 Å². The third kappa shape index (κ3) is 4.70. The Morgan fingerprint density at radius 1 is 1.23 bits per heavy atom. The minimum Gasteiger partial charge on any atom is -0.340 e. The third-order valence-electron chi connectivity index (χ3n) is 4.39. The highest BCUT2D eigenvalue weighted by Gasteiger charge is 2.32. The molecule has 0 radical (unpaired) electrons. The first-order valence-corrected chi connectivity index (χ1v) is 9.37. The van der Waals surface area contributed by atoms with Gasteiger partial charge in [0, 0.05) is 44.4 Å². The molecule has 0 aromatic heterocycles. The van der Waals surface area contributed by atoms with Crippen LogP contribution in [0, 0.1) is 16.0 Å². The number of nitrogens with zero attached hydrogens (tertiary/aromatic N) is 3. The first-order valence-electron chi connectivity index (χ1n) is 7.93. The van der Waals surface area contributed by atoms with E-state index in [9.17, 15) is 23.3 Å². The second kappa shape index (κ2) is 8.76. The van der Waals surface area contributed by atoms with Crippen molar-refractivity contribution in [2.24, 2.45) is 11.7 Å². The maximum atomic E-state index is 12.7. The van der Waals surface area contributed by atoms with Gasteiger partial charge in [-0.15, -0.1) is 12.4 Å². The largest absolute Gasteiger partial charge is 0.340 e. The second-order valence-corrected chi connectivity index (χ2v) is 8.07. The third-order valence-corrected chi connectivity index (χ3v) is 6.29. The quantitative estimate of drug-likeness (QED) is 0.570. The van der Waals surface area contributed by atoms with E-state index in [2.05, 4.69) is 0 Å². The number of amides is 1. The van der Waals surface area contributed by atoms with Gasteiger partial charge in [-0.25, -0.2) is 8.42 Å². The molecule has 0 spiro atoms. The molecule has 26 heavy (non-hydrogen) atoms. The zero-order chi connectivity index (χ0) is 18.8. The molecule has 2 atom stereocenters. The van der Waals surface area contributed by atoms with Gasteiger partial charge in [0.1, 0.15) is 0 Å². The van der Waals surface area contributed by atoms with Crippen molar-refractivity contribution in [1.29, 1.82) is 0 Å². The molecule has 0 saturated carbocycles. The van der Waals surface area contributed by atoms with E-state index in [4.69, 9.17) is 5.73 Å². The second-order valence-electron chi connectivity index (χ2n) is 6.13. The summed E-state index contributed by atoms with van der Waals surface area (Å²) in [6.07, 6.45) is 0. The number of sulfonamides is 1. The lowest BCUT2D eigenvalue weighted by molar-refractivity contribution is -0.385. The van der Waals surface area contributed by atoms with E-state index in [0.717, 1.165) is 6.07 Å². The summed E-state index contributed by atoms with van der Waals surface area (Å²) in [5.41, 5.74) is 5.47. The van der Waals surface area contributed by atoms with Crippen LogP contribution in [0.1, 0.15) is 13.8 Å². The topological polar surface area (TPSA) is 127 Å². The van der Waals surface area contributed by atoms with Crippen molar-refractivity contribution >= 4 is 34.0 Å². The maximum absolute atomic E-state index is 12.7.